The van der Waals surface area contributed by atoms with Crippen molar-refractivity contribution >= 4 is 29.4 Å². The molecule has 17 heavy (non-hydrogen) atoms. The summed E-state index contributed by atoms with van der Waals surface area (Å²) in [7, 11) is 0. The second-order valence-electron chi connectivity index (χ2n) is 2.89. The number of nitrogens with zero attached hydrogens (tertiary/aromatic N) is 1. The molecule has 0 aliphatic carbocycles. The van der Waals surface area contributed by atoms with E-state index in [2.05, 4.69) is 0 Å². The number of carboxylic acids is 2. The van der Waals surface area contributed by atoms with Crippen LogP contribution in [0, 0.1) is 0 Å². The third kappa shape index (κ3) is 2.65. The number of para-hydroxylation sites is 1. The van der Waals surface area contributed by atoms with Gasteiger partial charge in [0, 0.05) is 0 Å². The molecule has 0 unspecified atom stereocenters. The van der Waals surface area contributed by atoms with Gasteiger partial charge < -0.3 is 10.2 Å². The zero-order valence-electron chi connectivity index (χ0n) is 8.36. The predicted molar refractivity (Wildman–Crippen MR) is 54.2 cm³/mol. The molecular formula is C10H7NO6. The Morgan fingerprint density at radius 3 is 1.59 bits per heavy atom. The monoisotopic (exact) mass is 237 g/mol. The van der Waals surface area contributed by atoms with Gasteiger partial charge >= 0.3 is 23.8 Å². The first kappa shape index (κ1) is 12.4. The van der Waals surface area contributed by atoms with Crippen LogP contribution >= 0.6 is 0 Å². The fraction of sp³-hybridized carbons (Fsp3) is 0. The van der Waals surface area contributed by atoms with Crippen LogP contribution in [0.2, 0.25) is 0 Å². The van der Waals surface area contributed by atoms with Crippen LogP contribution in [-0.2, 0) is 19.2 Å². The number of anilines is 1. The van der Waals surface area contributed by atoms with Gasteiger partial charge in [-0.05, 0) is 12.1 Å². The largest absolute Gasteiger partial charge is 0.474 e. The van der Waals surface area contributed by atoms with E-state index in [9.17, 15) is 19.2 Å². The molecule has 2 amide bonds. The summed E-state index contributed by atoms with van der Waals surface area (Å²) in [5.41, 5.74) is -0.118. The molecule has 0 aromatic heterocycles. The second kappa shape index (κ2) is 4.88. The Balaban J connectivity index is 3.21. The lowest BCUT2D eigenvalue weighted by atomic mass is 10.2. The molecule has 0 radical (unpaired) electrons. The summed E-state index contributed by atoms with van der Waals surface area (Å²) in [6.07, 6.45) is 0. The number of hydrogen-bond donors (Lipinski definition) is 2. The molecule has 0 heterocycles. The first-order chi connectivity index (χ1) is 7.95. The van der Waals surface area contributed by atoms with Crippen LogP contribution in [0.15, 0.2) is 30.3 Å². The van der Waals surface area contributed by atoms with Crippen LogP contribution in [0.3, 0.4) is 0 Å². The van der Waals surface area contributed by atoms with E-state index < -0.39 is 23.8 Å². The summed E-state index contributed by atoms with van der Waals surface area (Å²) in [4.78, 5) is 43.6. The Morgan fingerprint density at radius 2 is 1.24 bits per heavy atom. The highest BCUT2D eigenvalue weighted by Gasteiger charge is 2.32. The Labute approximate surface area is 94.9 Å². The van der Waals surface area contributed by atoms with Crippen LogP contribution in [0.5, 0.6) is 0 Å². The van der Waals surface area contributed by atoms with Crippen LogP contribution < -0.4 is 4.90 Å². The first-order valence-corrected chi connectivity index (χ1v) is 4.35. The smallest absolute Gasteiger partial charge is 0.395 e. The SMILES string of the molecule is O=C(O)C(=O)N(C(=O)C(=O)O)c1ccccc1. The van der Waals surface area contributed by atoms with Gasteiger partial charge in [0.2, 0.25) is 0 Å². The molecular weight excluding hydrogens is 230 g/mol. The molecule has 1 aromatic rings. The van der Waals surface area contributed by atoms with Crippen molar-refractivity contribution in [3.63, 3.8) is 0 Å². The fourth-order valence-electron chi connectivity index (χ4n) is 1.10. The molecule has 0 saturated carbocycles. The number of carbonyl (C=O) groups excluding carboxylic acids is 2. The summed E-state index contributed by atoms with van der Waals surface area (Å²) in [5.74, 6) is -7.07. The highest BCUT2D eigenvalue weighted by Crippen LogP contribution is 2.13. The Bertz CT molecular complexity index is 455. The van der Waals surface area contributed by atoms with Crippen molar-refractivity contribution in [1.29, 1.82) is 0 Å². The quantitative estimate of drug-likeness (QED) is 0.649. The minimum absolute atomic E-state index is 0.0880. The van der Waals surface area contributed by atoms with Crippen LogP contribution in [0.1, 0.15) is 0 Å². The van der Waals surface area contributed by atoms with E-state index in [0.29, 0.717) is 0 Å². The molecule has 0 bridgehead atoms. The Morgan fingerprint density at radius 1 is 0.824 bits per heavy atom. The van der Waals surface area contributed by atoms with Crippen molar-refractivity contribution in [2.24, 2.45) is 0 Å². The highest BCUT2D eigenvalue weighted by atomic mass is 16.4. The van der Waals surface area contributed by atoms with Crippen LogP contribution in [-0.4, -0.2) is 34.0 Å². The van der Waals surface area contributed by atoms with E-state index in [0.717, 1.165) is 0 Å². The van der Waals surface area contributed by atoms with Crippen molar-refractivity contribution in [2.45, 2.75) is 0 Å². The lowest BCUT2D eigenvalue weighted by Crippen LogP contribution is -2.44. The molecule has 1 aromatic carbocycles. The highest BCUT2D eigenvalue weighted by molar-refractivity contribution is 6.52. The van der Waals surface area contributed by atoms with Gasteiger partial charge in [0.1, 0.15) is 0 Å². The zero-order valence-corrected chi connectivity index (χ0v) is 8.36. The van der Waals surface area contributed by atoms with Crippen LogP contribution in [0.25, 0.3) is 0 Å². The van der Waals surface area contributed by atoms with Gasteiger partial charge in [0.25, 0.3) is 0 Å². The molecule has 7 heteroatoms. The van der Waals surface area contributed by atoms with Gasteiger partial charge in [-0.1, -0.05) is 18.2 Å². The molecule has 88 valence electrons. The number of aliphatic carboxylic acids is 2. The maximum atomic E-state index is 11.2. The van der Waals surface area contributed by atoms with E-state index in [-0.39, 0.29) is 10.6 Å². The maximum absolute atomic E-state index is 11.2. The number of imide groups is 1. The minimum atomic E-state index is -1.91. The maximum Gasteiger partial charge on any atom is 0.395 e. The predicted octanol–water partition coefficient (Wildman–Crippen LogP) is -0.285. The van der Waals surface area contributed by atoms with Gasteiger partial charge in [-0.2, -0.15) is 0 Å². The Kier molecular flexibility index (Phi) is 3.55. The van der Waals surface area contributed by atoms with Gasteiger partial charge in [-0.3, -0.25) is 9.59 Å². The van der Waals surface area contributed by atoms with Crippen LogP contribution in [0.4, 0.5) is 5.69 Å². The average Bonchev–Trinajstić information content (AvgIpc) is 2.30. The molecule has 0 spiro atoms. The Hall–Kier alpha value is -2.70. The number of carbonyl (C=O) groups is 4. The molecule has 0 aliphatic rings. The third-order valence-corrected chi connectivity index (χ3v) is 1.79. The number of rotatable bonds is 1. The summed E-state index contributed by atoms with van der Waals surface area (Å²) >= 11 is 0. The zero-order chi connectivity index (χ0) is 13.0. The van der Waals surface area contributed by atoms with Gasteiger partial charge in [-0.25, -0.2) is 14.5 Å². The third-order valence-electron chi connectivity index (χ3n) is 1.79. The summed E-state index contributed by atoms with van der Waals surface area (Å²) in [5, 5.41) is 17.0. The van der Waals surface area contributed by atoms with E-state index >= 15 is 0 Å². The van der Waals surface area contributed by atoms with Crippen molar-refractivity contribution in [3.8, 4) is 0 Å². The molecule has 7 nitrogen and oxygen atoms in total. The summed E-state index contributed by atoms with van der Waals surface area (Å²) in [6, 6.07) is 6.95. The van der Waals surface area contributed by atoms with E-state index in [4.69, 9.17) is 10.2 Å². The second-order valence-corrected chi connectivity index (χ2v) is 2.89. The lowest BCUT2D eigenvalue weighted by Gasteiger charge is -2.16. The van der Waals surface area contributed by atoms with E-state index in [1.54, 1.807) is 6.07 Å². The van der Waals surface area contributed by atoms with Crippen molar-refractivity contribution < 1.29 is 29.4 Å². The number of amides is 2. The molecule has 1 rings (SSSR count). The molecule has 0 atom stereocenters. The van der Waals surface area contributed by atoms with Crippen molar-refractivity contribution in [1.82, 2.24) is 0 Å². The fourth-order valence-corrected chi connectivity index (χ4v) is 1.10. The van der Waals surface area contributed by atoms with E-state index in [1.165, 1.54) is 24.3 Å². The minimum Gasteiger partial charge on any atom is -0.474 e. The molecule has 0 fully saturated rings. The van der Waals surface area contributed by atoms with Gasteiger partial charge in [0.05, 0.1) is 5.69 Å². The molecule has 2 N–H and O–H groups in total. The standard InChI is InChI=1S/C10H7NO6/c12-7(9(14)15)11(8(13)10(16)17)6-4-2-1-3-5-6/h1-5H,(H,14,15)(H,16,17). The summed E-state index contributed by atoms with van der Waals surface area (Å²) < 4.78 is 0. The number of benzene rings is 1. The van der Waals surface area contributed by atoms with Crippen molar-refractivity contribution in [3.05, 3.63) is 30.3 Å². The average molecular weight is 237 g/mol. The van der Waals surface area contributed by atoms with E-state index in [1.807, 2.05) is 0 Å². The topological polar surface area (TPSA) is 112 Å². The lowest BCUT2D eigenvalue weighted by molar-refractivity contribution is -0.153. The van der Waals surface area contributed by atoms with Gasteiger partial charge in [0.15, 0.2) is 0 Å². The summed E-state index contributed by atoms with van der Waals surface area (Å²) in [6.45, 7) is 0. The number of hydrogen-bond acceptors (Lipinski definition) is 4. The molecule has 0 aliphatic heterocycles. The number of carboxylic acid groups (broad SMARTS) is 2. The molecule has 0 saturated heterocycles. The van der Waals surface area contributed by atoms with Gasteiger partial charge in [-0.15, -0.1) is 0 Å². The van der Waals surface area contributed by atoms with Crippen molar-refractivity contribution in [2.75, 3.05) is 4.90 Å². The normalized spacial score (nSPS) is 9.41. The first-order valence-electron chi connectivity index (χ1n) is 4.35.